The molecule has 1 N–H and O–H groups in total. The zero-order valence-electron chi connectivity index (χ0n) is 28.2. The van der Waals surface area contributed by atoms with Crippen molar-refractivity contribution in [3.8, 4) is 0 Å². The van der Waals surface area contributed by atoms with E-state index in [9.17, 15) is 54.3 Å². The number of hydrogen-bond acceptors (Lipinski definition) is 12. The largest absolute Gasteiger partial charge is 0.465 e. The lowest BCUT2D eigenvalue weighted by molar-refractivity contribution is -0.260. The van der Waals surface area contributed by atoms with E-state index in [0.717, 1.165) is 6.42 Å². The second-order valence-electron chi connectivity index (χ2n) is 14.8. The Hall–Kier alpha value is -3.09. The molecular weight excluding hydrogens is 719 g/mol. The fourth-order valence-electron chi connectivity index (χ4n) is 10.1. The number of ether oxygens (including phenoxy) is 5. The summed E-state index contributed by atoms with van der Waals surface area (Å²) in [5.74, 6) is -3.58. The molecule has 4 rings (SSSR count). The molecule has 4 saturated carbocycles. The number of carbonyl (C=O) groups is 5. The Morgan fingerprint density at radius 3 is 2.14 bits per heavy atom. The maximum atomic E-state index is 13.7. The molecule has 4 unspecified atom stereocenters. The molecule has 0 aromatic rings. The third kappa shape index (κ3) is 7.83. The summed E-state index contributed by atoms with van der Waals surface area (Å²) in [6, 6.07) is 0. The molecule has 0 aromatic carbocycles. The summed E-state index contributed by atoms with van der Waals surface area (Å²) in [4.78, 5) is 59.0. The molecule has 0 aromatic heterocycles. The molecule has 19 heteroatoms. The number of esters is 2. The van der Waals surface area contributed by atoms with E-state index in [1.54, 1.807) is 0 Å². The van der Waals surface area contributed by atoms with Gasteiger partial charge in [0, 0.05) is 17.8 Å². The van der Waals surface area contributed by atoms with Gasteiger partial charge in [0.05, 0.1) is 0 Å². The molecule has 290 valence electrons. The Balaban J connectivity index is 1.44. The Morgan fingerprint density at radius 1 is 0.902 bits per heavy atom. The first-order chi connectivity index (χ1) is 23.7. The van der Waals surface area contributed by atoms with Crippen molar-refractivity contribution >= 4 is 41.5 Å². The Morgan fingerprint density at radius 2 is 1.55 bits per heavy atom. The maximum Gasteiger partial charge on any atom is 0.432 e. The number of alkyl halides is 5. The fraction of sp³-hybridized carbons (Fsp3) is 0.844. The van der Waals surface area contributed by atoms with Gasteiger partial charge in [0.15, 0.2) is 6.61 Å². The van der Waals surface area contributed by atoms with E-state index in [-0.39, 0.29) is 59.9 Å². The summed E-state index contributed by atoms with van der Waals surface area (Å²) >= 11 is 0. The van der Waals surface area contributed by atoms with Gasteiger partial charge in [-0.05, 0) is 86.4 Å². The summed E-state index contributed by atoms with van der Waals surface area (Å²) in [6.07, 6.45) is -7.58. The number of rotatable bonds is 15. The molecule has 0 heterocycles. The highest BCUT2D eigenvalue weighted by Gasteiger charge is 2.68. The lowest BCUT2D eigenvalue weighted by Gasteiger charge is -2.64. The van der Waals surface area contributed by atoms with Crippen LogP contribution < -0.4 is 0 Å². The van der Waals surface area contributed by atoms with Crippen molar-refractivity contribution < 1.29 is 82.6 Å². The van der Waals surface area contributed by atoms with Crippen LogP contribution in [-0.4, -0.2) is 86.8 Å². The van der Waals surface area contributed by atoms with Crippen LogP contribution in [-0.2, 0) is 57.8 Å². The molecule has 0 bridgehead atoms. The first-order valence-corrected chi connectivity index (χ1v) is 18.1. The van der Waals surface area contributed by atoms with Gasteiger partial charge >= 0.3 is 33.5 Å². The van der Waals surface area contributed by atoms with Gasteiger partial charge in [-0.1, -0.05) is 20.8 Å². The topological polar surface area (TPSA) is 186 Å². The standard InChI is InChI=1S/C32H43F5O13S/c1-17(4-7-25(41)46-13-26(42)50-28(31(33,34)35)32(36,37)51(43,44)45)20-5-6-21-27-22(12-24(49-16-40)30(20,21)3)29(2)9-8-19(47-14-38)10-18(29)11-23(27)48-15-39/h14-24,27-28H,4-13H2,1-3H3,(H,43,44,45)/t17-,18+,19?,20-,21+,22+,23?,24?,27+,28?,29+,30-/m1/s1. The number of hydrogen-bond donors (Lipinski definition) is 1. The third-order valence-corrected chi connectivity index (χ3v) is 13.4. The predicted octanol–water partition coefficient (Wildman–Crippen LogP) is 4.40. The number of carbonyl (C=O) groups excluding carboxylic acids is 5. The highest BCUT2D eigenvalue weighted by atomic mass is 32.2. The van der Waals surface area contributed by atoms with Crippen LogP contribution in [0.1, 0.15) is 78.6 Å². The van der Waals surface area contributed by atoms with Crippen molar-refractivity contribution in [2.75, 3.05) is 6.61 Å². The van der Waals surface area contributed by atoms with Crippen LogP contribution in [0.2, 0.25) is 0 Å². The number of halogens is 5. The van der Waals surface area contributed by atoms with Gasteiger partial charge in [0.2, 0.25) is 0 Å². The van der Waals surface area contributed by atoms with E-state index in [1.165, 1.54) is 0 Å². The van der Waals surface area contributed by atoms with Crippen molar-refractivity contribution in [2.24, 2.45) is 46.3 Å². The zero-order chi connectivity index (χ0) is 38.2. The average molecular weight is 763 g/mol. The quantitative estimate of drug-likeness (QED) is 0.0815. The van der Waals surface area contributed by atoms with Gasteiger partial charge in [0.25, 0.3) is 25.5 Å². The molecule has 13 nitrogen and oxygen atoms in total. The van der Waals surface area contributed by atoms with E-state index < -0.39 is 63.8 Å². The fourth-order valence-corrected chi connectivity index (χ4v) is 10.6. The van der Waals surface area contributed by atoms with Crippen LogP contribution >= 0.6 is 0 Å². The Bertz CT molecular complexity index is 1430. The van der Waals surface area contributed by atoms with Crippen LogP contribution in [0, 0.1) is 46.3 Å². The van der Waals surface area contributed by atoms with E-state index in [4.69, 9.17) is 18.8 Å². The van der Waals surface area contributed by atoms with Crippen molar-refractivity contribution in [1.29, 1.82) is 0 Å². The molecule has 12 atom stereocenters. The highest BCUT2D eigenvalue weighted by molar-refractivity contribution is 7.86. The van der Waals surface area contributed by atoms with Crippen molar-refractivity contribution in [3.63, 3.8) is 0 Å². The summed E-state index contributed by atoms with van der Waals surface area (Å²) in [6.45, 7) is 5.84. The number of fused-ring (bicyclic) bond motifs is 5. The van der Waals surface area contributed by atoms with Crippen LogP contribution in [0.3, 0.4) is 0 Å². The average Bonchev–Trinajstić information content (AvgIpc) is 3.39. The third-order valence-electron chi connectivity index (χ3n) is 12.5. The Kier molecular flexibility index (Phi) is 12.0. The second-order valence-corrected chi connectivity index (χ2v) is 16.3. The van der Waals surface area contributed by atoms with E-state index >= 15 is 0 Å². The van der Waals surface area contributed by atoms with Crippen molar-refractivity contribution in [3.05, 3.63) is 0 Å². The van der Waals surface area contributed by atoms with E-state index in [0.29, 0.717) is 57.9 Å². The van der Waals surface area contributed by atoms with E-state index in [2.05, 4.69) is 16.4 Å². The molecular formula is C32H43F5O13S. The van der Waals surface area contributed by atoms with Gasteiger partial charge in [-0.15, -0.1) is 0 Å². The molecule has 0 amide bonds. The maximum absolute atomic E-state index is 13.7. The van der Waals surface area contributed by atoms with Crippen LogP contribution in [0.25, 0.3) is 0 Å². The molecule has 4 fully saturated rings. The van der Waals surface area contributed by atoms with Gasteiger partial charge in [-0.2, -0.15) is 30.4 Å². The normalized spacial score (nSPS) is 36.2. The van der Waals surface area contributed by atoms with Gasteiger partial charge in [-0.3, -0.25) is 23.7 Å². The van der Waals surface area contributed by atoms with E-state index in [1.807, 2.05) is 13.8 Å². The zero-order valence-corrected chi connectivity index (χ0v) is 29.0. The Labute approximate surface area is 291 Å². The smallest absolute Gasteiger partial charge is 0.432 e. The SMILES string of the molecule is C[C@H](CCC(=O)OCC(=O)OC(C(F)(F)F)C(F)(F)S(=O)(=O)O)[C@H]1CC[C@H]2[C@@H]3C(OC=O)C[C@@H]4CC(OC=O)CC[C@]4(C)[C@H]3CC(OC=O)[C@]12C. The first-order valence-electron chi connectivity index (χ1n) is 16.7. The highest BCUT2D eigenvalue weighted by Crippen LogP contribution is 2.69. The minimum Gasteiger partial charge on any atom is -0.465 e. The van der Waals surface area contributed by atoms with Gasteiger partial charge < -0.3 is 23.7 Å². The minimum atomic E-state index is -6.64. The van der Waals surface area contributed by atoms with Gasteiger partial charge in [-0.25, -0.2) is 4.79 Å². The summed E-state index contributed by atoms with van der Waals surface area (Å²) in [5, 5.41) is -5.93. The first kappa shape index (κ1) is 40.7. The molecule has 0 spiro atoms. The van der Waals surface area contributed by atoms with Crippen LogP contribution in [0.5, 0.6) is 0 Å². The molecule has 0 saturated heterocycles. The predicted molar refractivity (Wildman–Crippen MR) is 161 cm³/mol. The molecule has 4 aliphatic carbocycles. The minimum absolute atomic E-state index is 0.0135. The molecule has 51 heavy (non-hydrogen) atoms. The second kappa shape index (κ2) is 15.1. The lowest BCUT2D eigenvalue weighted by Crippen LogP contribution is -2.63. The van der Waals surface area contributed by atoms with Crippen LogP contribution in [0.15, 0.2) is 0 Å². The molecule has 4 aliphatic rings. The van der Waals surface area contributed by atoms with Crippen molar-refractivity contribution in [1.82, 2.24) is 0 Å². The van der Waals surface area contributed by atoms with Crippen molar-refractivity contribution in [2.45, 2.75) is 114 Å². The molecule has 0 radical (unpaired) electrons. The van der Waals surface area contributed by atoms with Gasteiger partial charge in [0.1, 0.15) is 18.3 Å². The van der Waals surface area contributed by atoms with Crippen LogP contribution in [0.4, 0.5) is 22.0 Å². The summed E-state index contributed by atoms with van der Waals surface area (Å²) < 4.78 is 122. The summed E-state index contributed by atoms with van der Waals surface area (Å²) in [5.41, 5.74) is -0.829. The monoisotopic (exact) mass is 762 g/mol. The molecule has 0 aliphatic heterocycles. The summed E-state index contributed by atoms with van der Waals surface area (Å²) in [7, 11) is -6.64. The lowest BCUT2D eigenvalue weighted by atomic mass is 9.43.